The van der Waals surface area contributed by atoms with Crippen LogP contribution in [0.1, 0.15) is 5.56 Å². The fourth-order valence-corrected chi connectivity index (χ4v) is 2.78. The molecule has 0 aliphatic carbocycles. The third-order valence-corrected chi connectivity index (χ3v) is 3.92. The Morgan fingerprint density at radius 1 is 0.773 bits per heavy atom. The highest BCUT2D eigenvalue weighted by Gasteiger charge is 2.12. The molecule has 0 fully saturated rings. The van der Waals surface area contributed by atoms with Gasteiger partial charge in [-0.3, -0.25) is 0 Å². The van der Waals surface area contributed by atoms with E-state index in [0.717, 1.165) is 32.9 Å². The van der Waals surface area contributed by atoms with E-state index in [1.165, 1.54) is 0 Å². The topological polar surface area (TPSA) is 27.7 Å². The number of hydrogen-bond donors (Lipinski definition) is 0. The van der Waals surface area contributed by atoms with Gasteiger partial charge in [0.15, 0.2) is 11.5 Å². The molecule has 0 aliphatic heterocycles. The van der Waals surface area contributed by atoms with Crippen molar-refractivity contribution in [2.75, 3.05) is 21.3 Å². The summed E-state index contributed by atoms with van der Waals surface area (Å²) in [5.41, 5.74) is 1.06. The Labute approximate surface area is 129 Å². The van der Waals surface area contributed by atoms with Crippen LogP contribution in [0.5, 0.6) is 17.2 Å². The summed E-state index contributed by atoms with van der Waals surface area (Å²) in [6.07, 6.45) is 1.86. The van der Waals surface area contributed by atoms with Gasteiger partial charge in [0, 0.05) is 0 Å². The minimum absolute atomic E-state index is 0.709. The maximum absolute atomic E-state index is 5.44. The molecule has 0 radical (unpaired) electrons. The average molecular weight is 294 g/mol. The molecule has 0 saturated heterocycles. The van der Waals surface area contributed by atoms with Crippen molar-refractivity contribution in [2.45, 2.75) is 0 Å². The highest BCUT2D eigenvalue weighted by Crippen LogP contribution is 2.38. The molecule has 0 bridgehead atoms. The van der Waals surface area contributed by atoms with Crippen molar-refractivity contribution in [1.29, 1.82) is 0 Å². The highest BCUT2D eigenvalue weighted by molar-refractivity contribution is 6.12. The summed E-state index contributed by atoms with van der Waals surface area (Å²) in [6, 6.07) is 12.2. The molecule has 0 spiro atoms. The van der Waals surface area contributed by atoms with E-state index >= 15 is 0 Å². The molecular formula is C19H18O3. The molecule has 0 saturated carbocycles. The number of methoxy groups -OCH3 is 3. The maximum Gasteiger partial charge on any atom is 0.161 e. The van der Waals surface area contributed by atoms with Crippen LogP contribution >= 0.6 is 0 Å². The quantitative estimate of drug-likeness (QED) is 0.655. The van der Waals surface area contributed by atoms with E-state index in [2.05, 4.69) is 18.7 Å². The third-order valence-electron chi connectivity index (χ3n) is 3.92. The molecule has 0 amide bonds. The van der Waals surface area contributed by atoms with Crippen molar-refractivity contribution in [2.24, 2.45) is 0 Å². The van der Waals surface area contributed by atoms with Crippen molar-refractivity contribution < 1.29 is 14.2 Å². The van der Waals surface area contributed by atoms with Crippen LogP contribution in [0.25, 0.3) is 27.6 Å². The molecule has 112 valence electrons. The van der Waals surface area contributed by atoms with Crippen LogP contribution < -0.4 is 14.2 Å². The molecule has 0 unspecified atom stereocenters. The Bertz CT molecular complexity index is 866. The van der Waals surface area contributed by atoms with Crippen molar-refractivity contribution in [3.05, 3.63) is 48.5 Å². The Morgan fingerprint density at radius 3 is 2.05 bits per heavy atom. The zero-order valence-electron chi connectivity index (χ0n) is 13.0. The number of benzene rings is 3. The largest absolute Gasteiger partial charge is 0.497 e. The van der Waals surface area contributed by atoms with Crippen molar-refractivity contribution >= 4 is 27.6 Å². The van der Waals surface area contributed by atoms with Gasteiger partial charge in [0.2, 0.25) is 0 Å². The third kappa shape index (κ3) is 2.15. The minimum Gasteiger partial charge on any atom is -0.497 e. The first-order valence-electron chi connectivity index (χ1n) is 7.00. The van der Waals surface area contributed by atoms with Gasteiger partial charge in [-0.15, -0.1) is 0 Å². The number of hydrogen-bond acceptors (Lipinski definition) is 3. The second kappa shape index (κ2) is 5.60. The Balaban J connectivity index is 2.48. The summed E-state index contributed by atoms with van der Waals surface area (Å²) in [4.78, 5) is 0. The average Bonchev–Trinajstić information content (AvgIpc) is 2.59. The van der Waals surface area contributed by atoms with E-state index in [9.17, 15) is 0 Å². The molecule has 3 heteroatoms. The lowest BCUT2D eigenvalue weighted by Crippen LogP contribution is -1.92. The summed E-state index contributed by atoms with van der Waals surface area (Å²) >= 11 is 0. The first kappa shape index (κ1) is 14.3. The van der Waals surface area contributed by atoms with Crippen molar-refractivity contribution in [1.82, 2.24) is 0 Å². The van der Waals surface area contributed by atoms with Gasteiger partial charge in [-0.05, 0) is 57.4 Å². The molecule has 22 heavy (non-hydrogen) atoms. The van der Waals surface area contributed by atoms with Gasteiger partial charge < -0.3 is 14.2 Å². The highest BCUT2D eigenvalue weighted by atomic mass is 16.5. The molecule has 0 aliphatic rings. The van der Waals surface area contributed by atoms with E-state index in [1.807, 2.05) is 30.3 Å². The second-order valence-electron chi connectivity index (χ2n) is 5.01. The van der Waals surface area contributed by atoms with Gasteiger partial charge in [-0.2, -0.15) is 0 Å². The number of fused-ring (bicyclic) bond motifs is 3. The van der Waals surface area contributed by atoms with Crippen molar-refractivity contribution in [3.63, 3.8) is 0 Å². The monoisotopic (exact) mass is 294 g/mol. The van der Waals surface area contributed by atoms with Crippen LogP contribution in [0.4, 0.5) is 0 Å². The van der Waals surface area contributed by atoms with Gasteiger partial charge >= 0.3 is 0 Å². The van der Waals surface area contributed by atoms with Crippen LogP contribution in [0.15, 0.2) is 43.0 Å². The molecule has 3 aromatic carbocycles. The van der Waals surface area contributed by atoms with Gasteiger partial charge in [0.05, 0.1) is 21.3 Å². The molecule has 0 heterocycles. The normalized spacial score (nSPS) is 10.7. The smallest absolute Gasteiger partial charge is 0.161 e. The second-order valence-corrected chi connectivity index (χ2v) is 5.01. The van der Waals surface area contributed by atoms with E-state index < -0.39 is 0 Å². The SMILES string of the molecule is C=Cc1cc2ccc(OC)cc2c2cc(OC)c(OC)cc12. The lowest BCUT2D eigenvalue weighted by atomic mass is 9.96. The fourth-order valence-electron chi connectivity index (χ4n) is 2.78. The Kier molecular flexibility index (Phi) is 3.63. The predicted octanol–water partition coefficient (Wildman–Crippen LogP) is 4.66. The van der Waals surface area contributed by atoms with Gasteiger partial charge in [-0.1, -0.05) is 18.7 Å². The van der Waals surface area contributed by atoms with Crippen LogP contribution in [-0.2, 0) is 0 Å². The zero-order valence-corrected chi connectivity index (χ0v) is 13.0. The first-order valence-corrected chi connectivity index (χ1v) is 7.00. The molecule has 3 aromatic rings. The fraction of sp³-hybridized carbons (Fsp3) is 0.158. The van der Waals surface area contributed by atoms with Crippen LogP contribution in [0, 0.1) is 0 Å². The van der Waals surface area contributed by atoms with Gasteiger partial charge in [-0.25, -0.2) is 0 Å². The maximum atomic E-state index is 5.44. The van der Waals surface area contributed by atoms with E-state index in [-0.39, 0.29) is 0 Å². The molecular weight excluding hydrogens is 276 g/mol. The summed E-state index contributed by atoms with van der Waals surface area (Å²) in [5.74, 6) is 2.25. The standard InChI is InChI=1S/C19H18O3/c1-5-12-8-13-6-7-14(20-2)9-15(13)17-11-19(22-4)18(21-3)10-16(12)17/h5-11H,1H2,2-4H3. The van der Waals surface area contributed by atoms with Crippen LogP contribution in [0.3, 0.4) is 0 Å². The van der Waals surface area contributed by atoms with E-state index in [0.29, 0.717) is 11.5 Å². The summed E-state index contributed by atoms with van der Waals surface area (Å²) in [5, 5.41) is 4.41. The van der Waals surface area contributed by atoms with Crippen LogP contribution in [0.2, 0.25) is 0 Å². The van der Waals surface area contributed by atoms with E-state index in [4.69, 9.17) is 14.2 Å². The number of ether oxygens (including phenoxy) is 3. The Morgan fingerprint density at radius 2 is 1.45 bits per heavy atom. The lowest BCUT2D eigenvalue weighted by Gasteiger charge is -2.13. The van der Waals surface area contributed by atoms with Gasteiger partial charge in [0.25, 0.3) is 0 Å². The predicted molar refractivity (Wildman–Crippen MR) is 91.2 cm³/mol. The first-order chi connectivity index (χ1) is 10.7. The van der Waals surface area contributed by atoms with E-state index in [1.54, 1.807) is 21.3 Å². The number of rotatable bonds is 4. The Hall–Kier alpha value is -2.68. The summed E-state index contributed by atoms with van der Waals surface area (Å²) in [7, 11) is 4.95. The summed E-state index contributed by atoms with van der Waals surface area (Å²) < 4.78 is 16.2. The molecule has 0 N–H and O–H groups in total. The molecule has 0 atom stereocenters. The molecule has 3 nitrogen and oxygen atoms in total. The van der Waals surface area contributed by atoms with Gasteiger partial charge in [0.1, 0.15) is 5.75 Å². The zero-order chi connectivity index (χ0) is 15.7. The van der Waals surface area contributed by atoms with Crippen molar-refractivity contribution in [3.8, 4) is 17.2 Å². The minimum atomic E-state index is 0.709. The molecule has 0 aromatic heterocycles. The van der Waals surface area contributed by atoms with Crippen LogP contribution in [-0.4, -0.2) is 21.3 Å². The summed E-state index contributed by atoms with van der Waals surface area (Å²) in [6.45, 7) is 3.92. The molecule has 3 rings (SSSR count). The lowest BCUT2D eigenvalue weighted by molar-refractivity contribution is 0.356.